The first-order valence-corrected chi connectivity index (χ1v) is 5.76. The van der Waals surface area contributed by atoms with Crippen LogP contribution in [0.2, 0.25) is 0 Å². The Kier molecular flexibility index (Phi) is 3.01. The number of likely N-dealkylation sites (N-methyl/N-ethyl adjacent to an activating group) is 1. The summed E-state index contributed by atoms with van der Waals surface area (Å²) >= 11 is 0. The number of nitrogens with zero attached hydrogens (tertiary/aromatic N) is 2. The normalized spacial score (nSPS) is 17.2. The number of carbonyl (C=O) groups excluding carboxylic acids is 1. The SMILES string of the molecule is CC(N)c1cccn1CC(=O)N(C)C1CC1. The lowest BCUT2D eigenvalue weighted by Gasteiger charge is -2.18. The van der Waals surface area contributed by atoms with Crippen LogP contribution in [0.3, 0.4) is 0 Å². The van der Waals surface area contributed by atoms with Crippen LogP contribution in [-0.4, -0.2) is 28.5 Å². The highest BCUT2D eigenvalue weighted by Crippen LogP contribution is 2.25. The Morgan fingerprint density at radius 2 is 2.38 bits per heavy atom. The average molecular weight is 221 g/mol. The molecular weight excluding hydrogens is 202 g/mol. The van der Waals surface area contributed by atoms with Crippen molar-refractivity contribution in [1.29, 1.82) is 0 Å². The Morgan fingerprint density at radius 1 is 1.69 bits per heavy atom. The molecule has 1 unspecified atom stereocenters. The van der Waals surface area contributed by atoms with Gasteiger partial charge in [-0.25, -0.2) is 0 Å². The van der Waals surface area contributed by atoms with Crippen molar-refractivity contribution in [2.45, 2.75) is 38.4 Å². The molecule has 1 aromatic heterocycles. The van der Waals surface area contributed by atoms with E-state index in [0.29, 0.717) is 12.6 Å². The van der Waals surface area contributed by atoms with Crippen LogP contribution in [-0.2, 0) is 11.3 Å². The maximum Gasteiger partial charge on any atom is 0.242 e. The van der Waals surface area contributed by atoms with Gasteiger partial charge in [0.2, 0.25) is 5.91 Å². The summed E-state index contributed by atoms with van der Waals surface area (Å²) in [6, 6.07) is 4.34. The number of hydrogen-bond acceptors (Lipinski definition) is 2. The van der Waals surface area contributed by atoms with Crippen molar-refractivity contribution in [3.63, 3.8) is 0 Å². The molecule has 0 aliphatic heterocycles. The predicted molar refractivity (Wildman–Crippen MR) is 62.8 cm³/mol. The standard InChI is InChI=1S/C12H19N3O/c1-9(13)11-4-3-7-15(11)8-12(16)14(2)10-5-6-10/h3-4,7,9-10H,5-6,8,13H2,1-2H3. The van der Waals surface area contributed by atoms with Crippen molar-refractivity contribution in [2.75, 3.05) is 7.05 Å². The van der Waals surface area contributed by atoms with Gasteiger partial charge in [0.25, 0.3) is 0 Å². The topological polar surface area (TPSA) is 51.3 Å². The third-order valence-corrected chi connectivity index (χ3v) is 3.12. The highest BCUT2D eigenvalue weighted by atomic mass is 16.2. The molecule has 1 aromatic rings. The van der Waals surface area contributed by atoms with Gasteiger partial charge in [-0.3, -0.25) is 4.79 Å². The molecule has 16 heavy (non-hydrogen) atoms. The van der Waals surface area contributed by atoms with E-state index in [9.17, 15) is 4.79 Å². The molecule has 2 rings (SSSR count). The van der Waals surface area contributed by atoms with E-state index < -0.39 is 0 Å². The number of carbonyl (C=O) groups is 1. The van der Waals surface area contributed by atoms with Gasteiger partial charge in [0.15, 0.2) is 0 Å². The van der Waals surface area contributed by atoms with Crippen LogP contribution in [0.25, 0.3) is 0 Å². The van der Waals surface area contributed by atoms with E-state index >= 15 is 0 Å². The lowest BCUT2D eigenvalue weighted by Crippen LogP contribution is -2.32. The maximum absolute atomic E-state index is 11.9. The van der Waals surface area contributed by atoms with Gasteiger partial charge in [-0.1, -0.05) is 0 Å². The molecule has 1 amide bonds. The monoisotopic (exact) mass is 221 g/mol. The molecule has 4 heteroatoms. The molecule has 1 fully saturated rings. The zero-order valence-electron chi connectivity index (χ0n) is 9.89. The van der Waals surface area contributed by atoms with Crippen LogP contribution in [0, 0.1) is 0 Å². The molecule has 0 saturated heterocycles. The number of nitrogens with two attached hydrogens (primary N) is 1. The van der Waals surface area contributed by atoms with Gasteiger partial charge < -0.3 is 15.2 Å². The van der Waals surface area contributed by atoms with Crippen molar-refractivity contribution in [3.05, 3.63) is 24.0 Å². The average Bonchev–Trinajstić information content (AvgIpc) is 2.97. The maximum atomic E-state index is 11.9. The molecule has 0 radical (unpaired) electrons. The molecule has 1 heterocycles. The lowest BCUT2D eigenvalue weighted by atomic mass is 10.2. The number of aromatic nitrogens is 1. The summed E-state index contributed by atoms with van der Waals surface area (Å²) < 4.78 is 1.94. The van der Waals surface area contributed by atoms with E-state index in [2.05, 4.69) is 0 Å². The van der Waals surface area contributed by atoms with Crippen molar-refractivity contribution in [1.82, 2.24) is 9.47 Å². The van der Waals surface area contributed by atoms with E-state index in [1.54, 1.807) is 0 Å². The summed E-state index contributed by atoms with van der Waals surface area (Å²) in [5.74, 6) is 0.167. The Balaban J connectivity index is 2.02. The first-order chi connectivity index (χ1) is 7.59. The van der Waals surface area contributed by atoms with Gasteiger partial charge in [-0.05, 0) is 31.9 Å². The first kappa shape index (κ1) is 11.2. The zero-order valence-corrected chi connectivity index (χ0v) is 9.89. The fraction of sp³-hybridized carbons (Fsp3) is 0.583. The van der Waals surface area contributed by atoms with Gasteiger partial charge in [-0.15, -0.1) is 0 Å². The van der Waals surface area contributed by atoms with Gasteiger partial charge in [0, 0.05) is 31.0 Å². The molecule has 88 valence electrons. The number of amides is 1. The lowest BCUT2D eigenvalue weighted by molar-refractivity contribution is -0.131. The highest BCUT2D eigenvalue weighted by Gasteiger charge is 2.29. The molecule has 1 atom stereocenters. The second-order valence-electron chi connectivity index (χ2n) is 4.59. The van der Waals surface area contributed by atoms with Crippen LogP contribution in [0.1, 0.15) is 31.5 Å². The van der Waals surface area contributed by atoms with Gasteiger partial charge >= 0.3 is 0 Å². The Bertz CT molecular complexity index is 379. The summed E-state index contributed by atoms with van der Waals surface area (Å²) in [4.78, 5) is 13.8. The van der Waals surface area contributed by atoms with Crippen molar-refractivity contribution < 1.29 is 4.79 Å². The molecule has 1 saturated carbocycles. The van der Waals surface area contributed by atoms with Crippen LogP contribution < -0.4 is 5.73 Å². The molecule has 0 spiro atoms. The molecule has 1 aliphatic rings. The van der Waals surface area contributed by atoms with Crippen molar-refractivity contribution >= 4 is 5.91 Å². The highest BCUT2D eigenvalue weighted by molar-refractivity contribution is 5.76. The molecule has 4 nitrogen and oxygen atoms in total. The summed E-state index contributed by atoms with van der Waals surface area (Å²) in [5, 5.41) is 0. The van der Waals surface area contributed by atoms with E-state index in [1.165, 1.54) is 0 Å². The molecule has 0 aromatic carbocycles. The van der Waals surface area contributed by atoms with E-state index in [4.69, 9.17) is 5.73 Å². The number of rotatable bonds is 4. The minimum atomic E-state index is -0.0333. The second kappa shape index (κ2) is 4.29. The van der Waals surface area contributed by atoms with Crippen LogP contribution in [0.5, 0.6) is 0 Å². The Hall–Kier alpha value is -1.29. The van der Waals surface area contributed by atoms with Crippen LogP contribution in [0.4, 0.5) is 0 Å². The summed E-state index contributed by atoms with van der Waals surface area (Å²) in [5.41, 5.74) is 6.85. The minimum Gasteiger partial charge on any atom is -0.341 e. The van der Waals surface area contributed by atoms with E-state index in [-0.39, 0.29) is 11.9 Å². The summed E-state index contributed by atoms with van der Waals surface area (Å²) in [6.07, 6.45) is 4.21. The Morgan fingerprint density at radius 3 is 2.94 bits per heavy atom. The molecule has 1 aliphatic carbocycles. The first-order valence-electron chi connectivity index (χ1n) is 5.76. The smallest absolute Gasteiger partial charge is 0.242 e. The largest absolute Gasteiger partial charge is 0.341 e. The summed E-state index contributed by atoms with van der Waals surface area (Å²) in [6.45, 7) is 2.33. The molecule has 0 bridgehead atoms. The van der Waals surface area contributed by atoms with Crippen molar-refractivity contribution in [3.8, 4) is 0 Å². The van der Waals surface area contributed by atoms with Crippen LogP contribution >= 0.6 is 0 Å². The van der Waals surface area contributed by atoms with Crippen LogP contribution in [0.15, 0.2) is 18.3 Å². The zero-order chi connectivity index (χ0) is 11.7. The molecule has 2 N–H and O–H groups in total. The van der Waals surface area contributed by atoms with Crippen molar-refractivity contribution in [2.24, 2.45) is 5.73 Å². The third-order valence-electron chi connectivity index (χ3n) is 3.12. The number of hydrogen-bond donors (Lipinski definition) is 1. The predicted octanol–water partition coefficient (Wildman–Crippen LogP) is 1.13. The van der Waals surface area contributed by atoms with Gasteiger partial charge in [-0.2, -0.15) is 0 Å². The van der Waals surface area contributed by atoms with Gasteiger partial charge in [0.1, 0.15) is 6.54 Å². The quantitative estimate of drug-likeness (QED) is 0.828. The van der Waals surface area contributed by atoms with E-state index in [1.807, 2.05) is 41.8 Å². The van der Waals surface area contributed by atoms with Gasteiger partial charge in [0.05, 0.1) is 0 Å². The summed E-state index contributed by atoms with van der Waals surface area (Å²) in [7, 11) is 1.88. The minimum absolute atomic E-state index is 0.0333. The Labute approximate surface area is 96.0 Å². The van der Waals surface area contributed by atoms with E-state index in [0.717, 1.165) is 18.5 Å². The third kappa shape index (κ3) is 2.27. The second-order valence-corrected chi connectivity index (χ2v) is 4.59. The fourth-order valence-electron chi connectivity index (χ4n) is 1.91. The molecular formula is C12H19N3O. The fourth-order valence-corrected chi connectivity index (χ4v) is 1.91.